The van der Waals surface area contributed by atoms with Gasteiger partial charge in [-0.05, 0) is 94.1 Å². The summed E-state index contributed by atoms with van der Waals surface area (Å²) in [5.74, 6) is 0.912. The van der Waals surface area contributed by atoms with Crippen molar-refractivity contribution in [2.75, 3.05) is 52.4 Å². The van der Waals surface area contributed by atoms with Crippen molar-refractivity contribution < 1.29 is 10.2 Å². The Morgan fingerprint density at radius 1 is 0.500 bits per heavy atom. The van der Waals surface area contributed by atoms with Gasteiger partial charge in [-0.25, -0.2) is 0 Å². The van der Waals surface area contributed by atoms with Crippen molar-refractivity contribution in [3.05, 3.63) is 57.6 Å². The fraction of sp³-hybridized carbons (Fsp3) is 0.700. The molecule has 4 N–H and O–H groups in total. The molecule has 0 amide bonds. The second-order valence-electron chi connectivity index (χ2n) is 17.8. The Labute approximate surface area is 282 Å². The lowest BCUT2D eigenvalue weighted by atomic mass is 9.78. The Bertz CT molecular complexity index is 1100. The summed E-state index contributed by atoms with van der Waals surface area (Å²) in [6.07, 6.45) is 2.29. The Balaban J connectivity index is 1.36. The monoisotopic (exact) mass is 637 g/mol. The molecule has 0 aliphatic carbocycles. The van der Waals surface area contributed by atoms with Gasteiger partial charge in [0.1, 0.15) is 11.5 Å². The van der Waals surface area contributed by atoms with Crippen LogP contribution in [0.1, 0.15) is 129 Å². The smallest absolute Gasteiger partial charge is 0.123 e. The highest BCUT2D eigenvalue weighted by Crippen LogP contribution is 2.41. The molecule has 3 rings (SSSR count). The van der Waals surface area contributed by atoms with Gasteiger partial charge in [-0.15, -0.1) is 0 Å². The number of piperazine rings is 1. The molecule has 2 aromatic carbocycles. The third kappa shape index (κ3) is 11.0. The van der Waals surface area contributed by atoms with Crippen molar-refractivity contribution in [2.24, 2.45) is 0 Å². The lowest BCUT2D eigenvalue weighted by molar-refractivity contribution is 0.130. The fourth-order valence-electron chi connectivity index (χ4n) is 6.44. The van der Waals surface area contributed by atoms with Gasteiger partial charge in [0.25, 0.3) is 0 Å². The molecule has 1 saturated heterocycles. The van der Waals surface area contributed by atoms with Crippen LogP contribution in [-0.4, -0.2) is 72.4 Å². The van der Waals surface area contributed by atoms with Crippen molar-refractivity contribution in [3.63, 3.8) is 0 Å². The first kappa shape index (κ1) is 38.3. The molecule has 0 saturated carbocycles. The average molecular weight is 637 g/mol. The first-order valence-electron chi connectivity index (χ1n) is 17.8. The zero-order chi connectivity index (χ0) is 34.5. The number of nitrogens with zero attached hydrogens (tertiary/aromatic N) is 2. The van der Waals surface area contributed by atoms with Gasteiger partial charge in [-0.3, -0.25) is 0 Å². The predicted molar refractivity (Wildman–Crippen MR) is 197 cm³/mol. The van der Waals surface area contributed by atoms with E-state index in [2.05, 4.69) is 128 Å². The first-order valence-corrected chi connectivity index (χ1v) is 17.8. The van der Waals surface area contributed by atoms with Gasteiger partial charge in [0.05, 0.1) is 0 Å². The average Bonchev–Trinajstić information content (AvgIpc) is 2.92. The van der Waals surface area contributed by atoms with Crippen LogP contribution in [0.15, 0.2) is 24.3 Å². The predicted octanol–water partition coefficient (Wildman–Crippen LogP) is 7.57. The van der Waals surface area contributed by atoms with Gasteiger partial charge < -0.3 is 30.6 Å². The van der Waals surface area contributed by atoms with Crippen LogP contribution in [0.4, 0.5) is 0 Å². The van der Waals surface area contributed by atoms with Crippen LogP contribution in [0, 0.1) is 0 Å². The Kier molecular flexibility index (Phi) is 12.8. The van der Waals surface area contributed by atoms with Crippen LogP contribution < -0.4 is 10.6 Å². The molecule has 0 aromatic heterocycles. The van der Waals surface area contributed by atoms with Gasteiger partial charge in [-0.1, -0.05) is 107 Å². The van der Waals surface area contributed by atoms with E-state index in [1.165, 1.54) is 11.1 Å². The van der Waals surface area contributed by atoms with Crippen molar-refractivity contribution in [2.45, 2.75) is 131 Å². The van der Waals surface area contributed by atoms with Crippen LogP contribution in [0.2, 0.25) is 0 Å². The van der Waals surface area contributed by atoms with Gasteiger partial charge >= 0.3 is 0 Å². The highest BCUT2D eigenvalue weighted by molar-refractivity contribution is 5.51. The lowest BCUT2D eigenvalue weighted by Crippen LogP contribution is -2.47. The number of benzene rings is 2. The topological polar surface area (TPSA) is 71.0 Å². The quantitative estimate of drug-likeness (QED) is 0.180. The molecule has 0 atom stereocenters. The standard InChI is InChI=1S/C40H68N4O2/c1-37(2,3)31-23-29(24-32(35(31)45)38(4,5)6)27-41-15-13-17-43-19-21-44(22-20-43)18-14-16-42-28-30-25-33(39(7,8)9)36(46)34(26-30)40(10,11)12/h23-26,41-42,45-46H,13-22,27-28H2,1-12H3. The van der Waals surface area contributed by atoms with Gasteiger partial charge in [-0.2, -0.15) is 0 Å². The van der Waals surface area contributed by atoms with Crippen molar-refractivity contribution in [1.82, 2.24) is 20.4 Å². The van der Waals surface area contributed by atoms with Gasteiger partial charge in [0.15, 0.2) is 0 Å². The summed E-state index contributed by atoms with van der Waals surface area (Å²) in [5.41, 5.74) is 6.25. The number of nitrogens with one attached hydrogen (secondary N) is 2. The Hall–Kier alpha value is -2.12. The summed E-state index contributed by atoms with van der Waals surface area (Å²) in [6.45, 7) is 36.6. The molecule has 0 bridgehead atoms. The van der Waals surface area contributed by atoms with Crippen LogP contribution in [0.3, 0.4) is 0 Å². The maximum absolute atomic E-state index is 11.0. The van der Waals surface area contributed by atoms with Gasteiger partial charge in [0.2, 0.25) is 0 Å². The molecule has 1 aliphatic rings. The molecule has 0 radical (unpaired) electrons. The number of hydrogen-bond donors (Lipinski definition) is 4. The van der Waals surface area contributed by atoms with E-state index in [1.807, 2.05) is 0 Å². The summed E-state index contributed by atoms with van der Waals surface area (Å²) in [5, 5.41) is 29.3. The van der Waals surface area contributed by atoms with E-state index >= 15 is 0 Å². The third-order valence-corrected chi connectivity index (χ3v) is 9.35. The molecule has 0 unspecified atom stereocenters. The molecule has 6 nitrogen and oxygen atoms in total. The SMILES string of the molecule is CC(C)(C)c1cc(CNCCCN2CCN(CCCNCc3cc(C(C)(C)C)c(O)c(C(C)(C)C)c3)CC2)cc(C(C)(C)C)c1O. The second-order valence-corrected chi connectivity index (χ2v) is 17.8. The number of hydrogen-bond acceptors (Lipinski definition) is 6. The maximum atomic E-state index is 11.0. The van der Waals surface area contributed by atoms with Crippen molar-refractivity contribution in [3.8, 4) is 11.5 Å². The van der Waals surface area contributed by atoms with E-state index < -0.39 is 0 Å². The number of phenolic OH excluding ortho intramolecular Hbond substituents is 2. The molecule has 1 fully saturated rings. The zero-order valence-electron chi connectivity index (χ0n) is 31.6. The lowest BCUT2D eigenvalue weighted by Gasteiger charge is -2.34. The largest absolute Gasteiger partial charge is 0.507 e. The van der Waals surface area contributed by atoms with Crippen LogP contribution in [0.25, 0.3) is 0 Å². The molecule has 0 spiro atoms. The van der Waals surface area contributed by atoms with E-state index in [0.29, 0.717) is 11.5 Å². The molecule has 260 valence electrons. The van der Waals surface area contributed by atoms with Crippen LogP contribution in [0.5, 0.6) is 11.5 Å². The minimum Gasteiger partial charge on any atom is -0.507 e. The van der Waals surface area contributed by atoms with Crippen molar-refractivity contribution in [1.29, 1.82) is 0 Å². The minimum atomic E-state index is -0.0977. The normalized spacial score (nSPS) is 15.9. The Morgan fingerprint density at radius 2 is 0.761 bits per heavy atom. The van der Waals surface area contributed by atoms with E-state index in [1.54, 1.807) is 0 Å². The zero-order valence-corrected chi connectivity index (χ0v) is 31.6. The van der Waals surface area contributed by atoms with Crippen molar-refractivity contribution >= 4 is 0 Å². The van der Waals surface area contributed by atoms with E-state index in [4.69, 9.17) is 0 Å². The number of aromatic hydroxyl groups is 2. The molecular weight excluding hydrogens is 568 g/mol. The summed E-state index contributed by atoms with van der Waals surface area (Å²) in [4.78, 5) is 5.22. The summed E-state index contributed by atoms with van der Waals surface area (Å²) < 4.78 is 0. The molecule has 46 heavy (non-hydrogen) atoms. The minimum absolute atomic E-state index is 0.0977. The molecule has 1 aliphatic heterocycles. The highest BCUT2D eigenvalue weighted by Gasteiger charge is 2.28. The maximum Gasteiger partial charge on any atom is 0.123 e. The van der Waals surface area contributed by atoms with E-state index in [9.17, 15) is 10.2 Å². The van der Waals surface area contributed by atoms with Gasteiger partial charge in [0, 0.05) is 39.3 Å². The van der Waals surface area contributed by atoms with E-state index in [0.717, 1.165) is 101 Å². The fourth-order valence-corrected chi connectivity index (χ4v) is 6.44. The summed E-state index contributed by atoms with van der Waals surface area (Å²) >= 11 is 0. The molecule has 2 aromatic rings. The van der Waals surface area contributed by atoms with Crippen LogP contribution in [-0.2, 0) is 34.7 Å². The Morgan fingerprint density at radius 3 is 1.00 bits per heavy atom. The molecule has 1 heterocycles. The number of phenols is 2. The molecule has 6 heteroatoms. The molecular formula is C40H68N4O2. The highest BCUT2D eigenvalue weighted by atomic mass is 16.3. The van der Waals surface area contributed by atoms with Crippen LogP contribution >= 0.6 is 0 Å². The second kappa shape index (κ2) is 15.4. The summed E-state index contributed by atoms with van der Waals surface area (Å²) in [6, 6.07) is 8.74. The third-order valence-electron chi connectivity index (χ3n) is 9.35. The van der Waals surface area contributed by atoms with E-state index in [-0.39, 0.29) is 21.7 Å². The first-order chi connectivity index (χ1) is 21.2. The number of rotatable bonds is 12. The summed E-state index contributed by atoms with van der Waals surface area (Å²) in [7, 11) is 0.